The summed E-state index contributed by atoms with van der Waals surface area (Å²) in [5.41, 5.74) is 2.07. The number of rotatable bonds is 11. The first kappa shape index (κ1) is 31.7. The van der Waals surface area contributed by atoms with E-state index < -0.39 is 23.6 Å². The molecular formula is C34H28Cl2N4O4. The predicted octanol–water partition coefficient (Wildman–Crippen LogP) is 5.47. The molecule has 10 heteroatoms. The topological polar surface area (TPSA) is 116 Å². The van der Waals surface area contributed by atoms with Crippen LogP contribution in [0.2, 0.25) is 10.0 Å². The minimum Gasteiger partial charge on any atom is -0.349 e. The summed E-state index contributed by atoms with van der Waals surface area (Å²) in [5, 5.41) is 11.8. The van der Waals surface area contributed by atoms with E-state index in [1.54, 1.807) is 109 Å². The van der Waals surface area contributed by atoms with E-state index >= 15 is 0 Å². The van der Waals surface area contributed by atoms with Crippen molar-refractivity contribution >= 4 is 59.0 Å². The fraction of sp³-hybridized carbons (Fsp3) is 0.0588. The summed E-state index contributed by atoms with van der Waals surface area (Å²) < 4.78 is 0. The Labute approximate surface area is 264 Å². The summed E-state index contributed by atoms with van der Waals surface area (Å²) in [7, 11) is 0. The Morgan fingerprint density at radius 1 is 0.500 bits per heavy atom. The second-order valence-corrected chi connectivity index (χ2v) is 10.2. The van der Waals surface area contributed by atoms with Gasteiger partial charge in [-0.1, -0.05) is 83.9 Å². The van der Waals surface area contributed by atoms with Crippen LogP contribution in [0.25, 0.3) is 12.2 Å². The fourth-order valence-corrected chi connectivity index (χ4v) is 4.13. The van der Waals surface area contributed by atoms with Gasteiger partial charge in [-0.3, -0.25) is 19.2 Å². The summed E-state index contributed by atoms with van der Waals surface area (Å²) in [6, 6.07) is 30.5. The number of benzene rings is 4. The van der Waals surface area contributed by atoms with E-state index in [1.807, 2.05) is 0 Å². The molecular weight excluding hydrogens is 599 g/mol. The van der Waals surface area contributed by atoms with Gasteiger partial charge in [0.05, 0.1) is 0 Å². The zero-order valence-electron chi connectivity index (χ0n) is 23.4. The second-order valence-electron chi connectivity index (χ2n) is 9.37. The summed E-state index contributed by atoms with van der Waals surface area (Å²) in [6.45, 7) is 0.0647. The van der Waals surface area contributed by atoms with Crippen LogP contribution in [0.15, 0.2) is 121 Å². The molecule has 4 aromatic rings. The van der Waals surface area contributed by atoms with Crippen molar-refractivity contribution in [3.63, 3.8) is 0 Å². The molecule has 222 valence electrons. The Morgan fingerprint density at radius 3 is 1.18 bits per heavy atom. The first-order valence-corrected chi connectivity index (χ1v) is 14.3. The molecule has 44 heavy (non-hydrogen) atoms. The first-order chi connectivity index (χ1) is 21.3. The zero-order valence-corrected chi connectivity index (χ0v) is 24.9. The maximum absolute atomic E-state index is 13.1. The number of carbonyl (C=O) groups is 4. The molecule has 0 spiro atoms. The Bertz CT molecular complexity index is 1550. The third-order valence-corrected chi connectivity index (χ3v) is 6.62. The predicted molar refractivity (Wildman–Crippen MR) is 173 cm³/mol. The quantitative estimate of drug-likeness (QED) is 0.130. The number of halogens is 2. The molecule has 0 radical (unpaired) electrons. The number of hydrogen-bond acceptors (Lipinski definition) is 4. The van der Waals surface area contributed by atoms with Gasteiger partial charge in [0.15, 0.2) is 0 Å². The van der Waals surface area contributed by atoms with E-state index in [1.165, 1.54) is 12.2 Å². The number of hydrogen-bond donors (Lipinski definition) is 4. The molecule has 8 nitrogen and oxygen atoms in total. The molecule has 0 saturated heterocycles. The molecule has 0 aliphatic carbocycles. The van der Waals surface area contributed by atoms with E-state index in [2.05, 4.69) is 21.3 Å². The van der Waals surface area contributed by atoms with Crippen LogP contribution in [0.1, 0.15) is 31.8 Å². The van der Waals surface area contributed by atoms with Gasteiger partial charge in [0.25, 0.3) is 23.6 Å². The molecule has 0 unspecified atom stereocenters. The molecule has 0 atom stereocenters. The van der Waals surface area contributed by atoms with Gasteiger partial charge in [-0.15, -0.1) is 0 Å². The van der Waals surface area contributed by atoms with Crippen LogP contribution in [0, 0.1) is 0 Å². The molecule has 0 aromatic heterocycles. The van der Waals surface area contributed by atoms with Crippen LogP contribution in [-0.4, -0.2) is 36.7 Å². The molecule has 4 amide bonds. The Kier molecular flexibility index (Phi) is 11.5. The van der Waals surface area contributed by atoms with Crippen LogP contribution in [0.4, 0.5) is 0 Å². The lowest BCUT2D eigenvalue weighted by atomic mass is 10.1. The molecule has 4 N–H and O–H groups in total. The molecule has 4 aromatic carbocycles. The molecule has 0 aliphatic heterocycles. The largest absolute Gasteiger partial charge is 0.349 e. The van der Waals surface area contributed by atoms with E-state index in [4.69, 9.17) is 23.2 Å². The van der Waals surface area contributed by atoms with Crippen molar-refractivity contribution in [3.05, 3.63) is 153 Å². The summed E-state index contributed by atoms with van der Waals surface area (Å²) in [4.78, 5) is 51.8. The van der Waals surface area contributed by atoms with E-state index in [9.17, 15) is 19.2 Å². The molecule has 0 heterocycles. The lowest BCUT2D eigenvalue weighted by Crippen LogP contribution is -2.41. The lowest BCUT2D eigenvalue weighted by molar-refractivity contribution is -0.119. The van der Waals surface area contributed by atoms with Gasteiger partial charge in [-0.05, 0) is 71.8 Å². The molecule has 0 saturated carbocycles. The SMILES string of the molecule is O=C(NCCNC(=O)/C(=C\c1ccc(Cl)cc1)NC(=O)c1ccccc1)/C(=C\c1ccc(Cl)cc1)NC(=O)c1ccccc1. The normalized spacial score (nSPS) is 11.3. The summed E-state index contributed by atoms with van der Waals surface area (Å²) >= 11 is 12.0. The van der Waals surface area contributed by atoms with Gasteiger partial charge in [-0.25, -0.2) is 0 Å². The molecule has 4 rings (SSSR count). The highest BCUT2D eigenvalue weighted by Gasteiger charge is 2.17. The van der Waals surface area contributed by atoms with Gasteiger partial charge in [0.2, 0.25) is 0 Å². The van der Waals surface area contributed by atoms with Crippen molar-refractivity contribution in [2.45, 2.75) is 0 Å². The maximum Gasteiger partial charge on any atom is 0.267 e. The highest BCUT2D eigenvalue weighted by Crippen LogP contribution is 2.14. The van der Waals surface area contributed by atoms with Crippen molar-refractivity contribution in [3.8, 4) is 0 Å². The van der Waals surface area contributed by atoms with Gasteiger partial charge in [0, 0.05) is 34.3 Å². The Morgan fingerprint density at radius 2 is 0.841 bits per heavy atom. The van der Waals surface area contributed by atoms with Crippen molar-refractivity contribution in [2.24, 2.45) is 0 Å². The average Bonchev–Trinajstić information content (AvgIpc) is 3.05. The number of amides is 4. The average molecular weight is 628 g/mol. The van der Waals surface area contributed by atoms with Crippen LogP contribution in [0.3, 0.4) is 0 Å². The fourth-order valence-electron chi connectivity index (χ4n) is 3.88. The zero-order chi connectivity index (χ0) is 31.3. The van der Waals surface area contributed by atoms with E-state index in [0.717, 1.165) is 0 Å². The van der Waals surface area contributed by atoms with Crippen LogP contribution < -0.4 is 21.3 Å². The number of carbonyl (C=O) groups excluding carboxylic acids is 4. The Balaban J connectivity index is 1.42. The molecule has 0 aliphatic rings. The maximum atomic E-state index is 13.1. The first-order valence-electron chi connectivity index (χ1n) is 13.5. The lowest BCUT2D eigenvalue weighted by Gasteiger charge is -2.13. The summed E-state index contributed by atoms with van der Waals surface area (Å²) in [6.07, 6.45) is 3.05. The van der Waals surface area contributed by atoms with Crippen molar-refractivity contribution in [2.75, 3.05) is 13.1 Å². The highest BCUT2D eigenvalue weighted by atomic mass is 35.5. The van der Waals surface area contributed by atoms with Crippen molar-refractivity contribution < 1.29 is 19.2 Å². The van der Waals surface area contributed by atoms with E-state index in [-0.39, 0.29) is 24.5 Å². The van der Waals surface area contributed by atoms with Crippen LogP contribution in [0.5, 0.6) is 0 Å². The molecule has 0 bridgehead atoms. The van der Waals surface area contributed by atoms with Crippen molar-refractivity contribution in [1.82, 2.24) is 21.3 Å². The second kappa shape index (κ2) is 15.9. The Hall–Kier alpha value is -5.18. The van der Waals surface area contributed by atoms with Gasteiger partial charge >= 0.3 is 0 Å². The minimum atomic E-state index is -0.562. The smallest absolute Gasteiger partial charge is 0.267 e. The monoisotopic (exact) mass is 626 g/mol. The van der Waals surface area contributed by atoms with E-state index in [0.29, 0.717) is 32.3 Å². The van der Waals surface area contributed by atoms with Crippen LogP contribution >= 0.6 is 23.2 Å². The van der Waals surface area contributed by atoms with Crippen molar-refractivity contribution in [1.29, 1.82) is 0 Å². The van der Waals surface area contributed by atoms with Crippen LogP contribution in [-0.2, 0) is 9.59 Å². The van der Waals surface area contributed by atoms with Gasteiger partial charge in [-0.2, -0.15) is 0 Å². The third-order valence-electron chi connectivity index (χ3n) is 6.12. The third kappa shape index (κ3) is 9.69. The number of nitrogens with one attached hydrogen (secondary N) is 4. The molecule has 0 fully saturated rings. The van der Waals surface area contributed by atoms with Gasteiger partial charge in [0.1, 0.15) is 11.4 Å². The highest BCUT2D eigenvalue weighted by molar-refractivity contribution is 6.30. The minimum absolute atomic E-state index is 0.00551. The summed E-state index contributed by atoms with van der Waals surface area (Å²) in [5.74, 6) is -2.04. The standard InChI is InChI=1S/C34H28Cl2N4O4/c35-27-15-11-23(12-16-27)21-29(39-31(41)25-7-3-1-4-8-25)33(43)37-19-20-38-34(44)30(22-24-13-17-28(36)18-14-24)40-32(42)26-9-5-2-6-10-26/h1-18,21-22H,19-20H2,(H,37,43)(H,38,44)(H,39,41)(H,40,42)/b29-21+,30-22+. The van der Waals surface area contributed by atoms with Gasteiger partial charge < -0.3 is 21.3 Å².